The molecule has 3 nitrogen and oxygen atoms in total. The van der Waals surface area contributed by atoms with E-state index in [0.717, 1.165) is 72.1 Å². The van der Waals surface area contributed by atoms with Gasteiger partial charge in [0.05, 0.1) is 5.39 Å². The zero-order chi connectivity index (χ0) is 39.3. The van der Waals surface area contributed by atoms with Gasteiger partial charge in [-0.15, -0.1) is 11.3 Å². The summed E-state index contributed by atoms with van der Waals surface area (Å²) >= 11 is 1.85. The molecule has 0 spiro atoms. The third kappa shape index (κ3) is 5.01. The maximum atomic E-state index is 6.53. The zero-order valence-electron chi connectivity index (χ0n) is 32.2. The molecule has 0 radical (unpaired) electrons. The van der Waals surface area contributed by atoms with Crippen LogP contribution in [0, 0.1) is 0 Å². The molecule has 13 rings (SSSR count). The number of nitrogens with zero attached hydrogens (tertiary/aromatic N) is 1. The molecule has 0 unspecified atom stereocenters. The Balaban J connectivity index is 0.958. The van der Waals surface area contributed by atoms with Crippen molar-refractivity contribution < 1.29 is 8.83 Å². The molecule has 0 amide bonds. The zero-order valence-corrected chi connectivity index (χ0v) is 33.0. The Morgan fingerprint density at radius 2 is 0.933 bits per heavy atom. The lowest BCUT2D eigenvalue weighted by molar-refractivity contribution is 0.663. The van der Waals surface area contributed by atoms with Crippen LogP contribution in [-0.2, 0) is 0 Å². The molecule has 13 aromatic rings. The fourth-order valence-corrected chi connectivity index (χ4v) is 10.6. The minimum atomic E-state index is 0.823. The fraction of sp³-hybridized carbons (Fsp3) is 0. The summed E-state index contributed by atoms with van der Waals surface area (Å²) in [6.07, 6.45) is 0. The molecule has 0 saturated carbocycles. The van der Waals surface area contributed by atoms with Gasteiger partial charge < -0.3 is 13.7 Å². The number of thiophene rings is 1. The van der Waals surface area contributed by atoms with E-state index >= 15 is 0 Å². The first-order valence-electron chi connectivity index (χ1n) is 20.3. The summed E-state index contributed by atoms with van der Waals surface area (Å²) in [6, 6.07) is 72.1. The van der Waals surface area contributed by atoms with Gasteiger partial charge in [-0.2, -0.15) is 0 Å². The lowest BCUT2D eigenvalue weighted by atomic mass is 9.93. The van der Waals surface area contributed by atoms with Gasteiger partial charge in [0, 0.05) is 53.4 Å². The summed E-state index contributed by atoms with van der Waals surface area (Å²) in [5.41, 5.74) is 11.3. The maximum Gasteiger partial charge on any atom is 0.147 e. The Bertz CT molecular complexity index is 3830. The van der Waals surface area contributed by atoms with Crippen molar-refractivity contribution in [3.8, 4) is 22.3 Å². The van der Waals surface area contributed by atoms with Crippen LogP contribution in [0.1, 0.15) is 0 Å². The molecule has 0 aliphatic carbocycles. The molecule has 60 heavy (non-hydrogen) atoms. The first kappa shape index (κ1) is 33.3. The van der Waals surface area contributed by atoms with Crippen LogP contribution in [-0.4, -0.2) is 0 Å². The smallest absolute Gasteiger partial charge is 0.147 e. The minimum Gasteiger partial charge on any atom is -0.456 e. The number of hydrogen-bond donors (Lipinski definition) is 0. The van der Waals surface area contributed by atoms with Gasteiger partial charge in [-0.25, -0.2) is 0 Å². The van der Waals surface area contributed by atoms with Crippen molar-refractivity contribution in [1.82, 2.24) is 0 Å². The maximum absolute atomic E-state index is 6.53. The Labute approximate surface area is 348 Å². The van der Waals surface area contributed by atoms with Gasteiger partial charge in [-0.1, -0.05) is 127 Å². The van der Waals surface area contributed by atoms with E-state index < -0.39 is 0 Å². The van der Waals surface area contributed by atoms with Crippen LogP contribution < -0.4 is 4.90 Å². The number of furan rings is 2. The molecule has 280 valence electrons. The predicted octanol–water partition coefficient (Wildman–Crippen LogP) is 17.0. The topological polar surface area (TPSA) is 29.5 Å². The summed E-state index contributed by atoms with van der Waals surface area (Å²) in [6.45, 7) is 0. The van der Waals surface area contributed by atoms with Crippen molar-refractivity contribution in [3.63, 3.8) is 0 Å². The van der Waals surface area contributed by atoms with Crippen LogP contribution in [0.2, 0.25) is 0 Å². The molecule has 10 aromatic carbocycles. The molecule has 0 aliphatic rings. The van der Waals surface area contributed by atoms with Crippen LogP contribution in [0.4, 0.5) is 17.1 Å². The second kappa shape index (κ2) is 12.9. The van der Waals surface area contributed by atoms with Crippen molar-refractivity contribution in [3.05, 3.63) is 200 Å². The first-order valence-corrected chi connectivity index (χ1v) is 21.1. The van der Waals surface area contributed by atoms with E-state index in [1.165, 1.54) is 52.8 Å². The van der Waals surface area contributed by atoms with Crippen LogP contribution in [0.25, 0.3) is 108 Å². The number of hydrogen-bond acceptors (Lipinski definition) is 4. The average molecular weight is 784 g/mol. The lowest BCUT2D eigenvalue weighted by Crippen LogP contribution is -2.09. The Morgan fingerprint density at radius 1 is 0.333 bits per heavy atom. The van der Waals surface area contributed by atoms with E-state index in [0.29, 0.717) is 0 Å². The van der Waals surface area contributed by atoms with Crippen molar-refractivity contribution in [2.45, 2.75) is 0 Å². The van der Waals surface area contributed by atoms with E-state index in [-0.39, 0.29) is 0 Å². The van der Waals surface area contributed by atoms with E-state index in [2.05, 4.69) is 193 Å². The van der Waals surface area contributed by atoms with Gasteiger partial charge >= 0.3 is 0 Å². The molecule has 3 aromatic heterocycles. The van der Waals surface area contributed by atoms with Gasteiger partial charge in [0.15, 0.2) is 0 Å². The van der Waals surface area contributed by atoms with E-state index in [1.54, 1.807) is 0 Å². The van der Waals surface area contributed by atoms with Gasteiger partial charge in [0.2, 0.25) is 0 Å². The largest absolute Gasteiger partial charge is 0.456 e. The molecule has 0 aliphatic heterocycles. The number of para-hydroxylation sites is 1. The number of benzene rings is 10. The quantitative estimate of drug-likeness (QED) is 0.163. The number of rotatable bonds is 5. The molecule has 4 heteroatoms. The fourth-order valence-electron chi connectivity index (χ4n) is 9.50. The van der Waals surface area contributed by atoms with Crippen LogP contribution in [0.3, 0.4) is 0 Å². The first-order chi connectivity index (χ1) is 29.7. The summed E-state index contributed by atoms with van der Waals surface area (Å²) < 4.78 is 15.6. The van der Waals surface area contributed by atoms with Gasteiger partial charge in [-0.05, 0) is 117 Å². The van der Waals surface area contributed by atoms with Gasteiger partial charge in [-0.3, -0.25) is 0 Å². The summed E-state index contributed by atoms with van der Waals surface area (Å²) in [4.78, 5) is 2.38. The Kier molecular flexibility index (Phi) is 7.18. The summed E-state index contributed by atoms with van der Waals surface area (Å²) in [5, 5.41) is 11.9. The number of anilines is 3. The predicted molar refractivity (Wildman–Crippen MR) is 254 cm³/mol. The van der Waals surface area contributed by atoms with Gasteiger partial charge in [0.25, 0.3) is 0 Å². The van der Waals surface area contributed by atoms with Gasteiger partial charge in [0.1, 0.15) is 22.3 Å². The highest BCUT2D eigenvalue weighted by molar-refractivity contribution is 7.25. The third-order valence-electron chi connectivity index (χ3n) is 12.3. The van der Waals surface area contributed by atoms with Crippen LogP contribution in [0.15, 0.2) is 209 Å². The summed E-state index contributed by atoms with van der Waals surface area (Å²) in [5.74, 6) is 0. The second-order valence-corrected chi connectivity index (χ2v) is 16.7. The average Bonchev–Trinajstić information content (AvgIpc) is 4.00. The molecular formula is C56H33NO2S. The van der Waals surface area contributed by atoms with Crippen LogP contribution in [0.5, 0.6) is 0 Å². The third-order valence-corrected chi connectivity index (χ3v) is 13.4. The van der Waals surface area contributed by atoms with E-state index in [9.17, 15) is 0 Å². The molecule has 0 fully saturated rings. The van der Waals surface area contributed by atoms with Crippen molar-refractivity contribution in [2.24, 2.45) is 0 Å². The molecule has 0 bridgehead atoms. The second-order valence-electron chi connectivity index (χ2n) is 15.6. The normalized spacial score (nSPS) is 12.0. The minimum absolute atomic E-state index is 0.823. The molecule has 0 atom stereocenters. The Morgan fingerprint density at radius 3 is 1.75 bits per heavy atom. The highest BCUT2D eigenvalue weighted by atomic mass is 32.1. The van der Waals surface area contributed by atoms with E-state index in [1.807, 2.05) is 23.5 Å². The number of fused-ring (bicyclic) bond motifs is 13. The molecule has 0 N–H and O–H groups in total. The Hall–Kier alpha value is -7.66. The highest BCUT2D eigenvalue weighted by Gasteiger charge is 2.20. The molecular weight excluding hydrogens is 751 g/mol. The van der Waals surface area contributed by atoms with Crippen molar-refractivity contribution >= 4 is 114 Å². The van der Waals surface area contributed by atoms with E-state index in [4.69, 9.17) is 8.83 Å². The monoisotopic (exact) mass is 783 g/mol. The lowest BCUT2D eigenvalue weighted by Gasteiger charge is -2.26. The van der Waals surface area contributed by atoms with Crippen LogP contribution >= 0.6 is 11.3 Å². The van der Waals surface area contributed by atoms with Crippen molar-refractivity contribution in [2.75, 3.05) is 4.90 Å². The summed E-state index contributed by atoms with van der Waals surface area (Å²) in [7, 11) is 0. The molecule has 0 saturated heterocycles. The standard InChI is InChI=1S/C56H33NO2S/c1-2-11-40-36(10-1)32-48(43-13-4-3-12-42(40)43)35-22-26-38(27-23-35)57(39-28-29-46-45-15-6-8-19-52(45)60-53(46)33-39)37-24-20-34(21-25-37)41-16-9-18-50-54(41)55-51(58-50)31-30-47-44-14-5-7-17-49(44)59-56(47)55/h1-33H. The molecule has 3 heterocycles. The highest BCUT2D eigenvalue weighted by Crippen LogP contribution is 2.45. The van der Waals surface area contributed by atoms with Crippen molar-refractivity contribution in [1.29, 1.82) is 0 Å². The SMILES string of the molecule is c1ccc2c(c1)cc(-c1ccc(N(c3ccc(-c4cccc5oc6ccc7c8ccccc8oc7c6c45)cc3)c3ccc4c(c3)sc3ccccc34)cc1)c1ccccc12.